The van der Waals surface area contributed by atoms with Gasteiger partial charge in [0.15, 0.2) is 0 Å². The summed E-state index contributed by atoms with van der Waals surface area (Å²) in [6.07, 6.45) is 3.05. The minimum Gasteiger partial charge on any atom is -0.497 e. The molecule has 1 aliphatic heterocycles. The predicted molar refractivity (Wildman–Crippen MR) is 99.8 cm³/mol. The van der Waals surface area contributed by atoms with Gasteiger partial charge < -0.3 is 19.0 Å². The molecule has 0 fully saturated rings. The number of H-pyrrole nitrogens is 1. The first-order valence-electron chi connectivity index (χ1n) is 8.96. The number of carbonyl (C=O) groups excluding carboxylic acids is 1. The summed E-state index contributed by atoms with van der Waals surface area (Å²) < 4.78 is 10.6. The molecule has 4 rings (SSSR count). The van der Waals surface area contributed by atoms with Crippen LogP contribution in [-0.4, -0.2) is 34.4 Å². The molecule has 1 amide bonds. The highest BCUT2D eigenvalue weighted by Gasteiger charge is 2.23. The SMILES string of the molecule is COc1ccc2c(C)c(CCC(=O)N3CCc4nc[nH]c4C3)c(=O)oc2c1. The topological polar surface area (TPSA) is 88.4 Å². The first-order valence-corrected chi connectivity index (χ1v) is 8.96. The molecule has 140 valence electrons. The van der Waals surface area contributed by atoms with E-state index in [1.54, 1.807) is 19.5 Å². The summed E-state index contributed by atoms with van der Waals surface area (Å²) in [4.78, 5) is 34.2. The van der Waals surface area contributed by atoms with Crippen LogP contribution in [0.4, 0.5) is 0 Å². The van der Waals surface area contributed by atoms with Crippen LogP contribution in [0, 0.1) is 6.92 Å². The molecule has 1 aromatic carbocycles. The molecule has 1 aliphatic rings. The molecular formula is C20H21N3O4. The number of ether oxygens (including phenoxy) is 1. The molecule has 3 aromatic rings. The standard InChI is InChI=1S/C20H21N3O4/c1-12-14-4-3-13(26-2)9-18(14)27-20(25)15(12)5-6-19(24)23-8-7-16-17(10-23)22-11-21-16/h3-4,9,11H,5-8,10H2,1-2H3,(H,21,22). The third-order valence-corrected chi connectivity index (χ3v) is 5.21. The molecule has 0 spiro atoms. The zero-order valence-electron chi connectivity index (χ0n) is 15.4. The second-order valence-electron chi connectivity index (χ2n) is 6.75. The van der Waals surface area contributed by atoms with Gasteiger partial charge in [0, 0.05) is 36.4 Å². The fourth-order valence-electron chi connectivity index (χ4n) is 3.61. The molecule has 0 atom stereocenters. The van der Waals surface area contributed by atoms with Crippen molar-refractivity contribution in [2.24, 2.45) is 0 Å². The Morgan fingerprint density at radius 3 is 3.07 bits per heavy atom. The van der Waals surface area contributed by atoms with Crippen LogP contribution in [0.15, 0.2) is 33.7 Å². The van der Waals surface area contributed by atoms with E-state index in [0.29, 0.717) is 36.4 Å². The van der Waals surface area contributed by atoms with Gasteiger partial charge in [-0.1, -0.05) is 0 Å². The third kappa shape index (κ3) is 3.20. The van der Waals surface area contributed by atoms with Gasteiger partial charge >= 0.3 is 5.63 Å². The number of fused-ring (bicyclic) bond motifs is 2. The number of amides is 1. The Morgan fingerprint density at radius 1 is 1.41 bits per heavy atom. The fraction of sp³-hybridized carbons (Fsp3) is 0.350. The number of nitrogens with one attached hydrogen (secondary N) is 1. The highest BCUT2D eigenvalue weighted by molar-refractivity contribution is 5.82. The van der Waals surface area contributed by atoms with Crippen molar-refractivity contribution in [3.05, 3.63) is 57.5 Å². The molecular weight excluding hydrogens is 346 g/mol. The van der Waals surface area contributed by atoms with Gasteiger partial charge in [0.05, 0.1) is 31.4 Å². The van der Waals surface area contributed by atoms with Crippen molar-refractivity contribution in [1.29, 1.82) is 0 Å². The van der Waals surface area contributed by atoms with Crippen molar-refractivity contribution in [3.63, 3.8) is 0 Å². The largest absolute Gasteiger partial charge is 0.497 e. The molecule has 0 aliphatic carbocycles. The maximum Gasteiger partial charge on any atom is 0.339 e. The van der Waals surface area contributed by atoms with Crippen LogP contribution in [0.5, 0.6) is 5.75 Å². The Hall–Kier alpha value is -3.09. The van der Waals surface area contributed by atoms with E-state index in [1.807, 2.05) is 24.0 Å². The van der Waals surface area contributed by atoms with Crippen molar-refractivity contribution in [1.82, 2.24) is 14.9 Å². The Bertz CT molecular complexity index is 1070. The lowest BCUT2D eigenvalue weighted by atomic mass is 10.0. The van der Waals surface area contributed by atoms with Gasteiger partial charge in [-0.25, -0.2) is 9.78 Å². The van der Waals surface area contributed by atoms with E-state index in [1.165, 1.54) is 0 Å². The van der Waals surface area contributed by atoms with Crippen molar-refractivity contribution in [3.8, 4) is 5.75 Å². The average molecular weight is 367 g/mol. The van der Waals surface area contributed by atoms with E-state index in [-0.39, 0.29) is 12.3 Å². The summed E-state index contributed by atoms with van der Waals surface area (Å²) in [7, 11) is 1.57. The lowest BCUT2D eigenvalue weighted by molar-refractivity contribution is -0.132. The number of hydrogen-bond acceptors (Lipinski definition) is 5. The maximum atomic E-state index is 12.6. The number of hydrogen-bond donors (Lipinski definition) is 1. The Balaban J connectivity index is 1.52. The van der Waals surface area contributed by atoms with Gasteiger partial charge in [0.1, 0.15) is 11.3 Å². The van der Waals surface area contributed by atoms with Gasteiger partial charge in [0.25, 0.3) is 0 Å². The number of aryl methyl sites for hydroxylation is 1. The van der Waals surface area contributed by atoms with Crippen LogP contribution in [0.25, 0.3) is 11.0 Å². The zero-order valence-corrected chi connectivity index (χ0v) is 15.4. The maximum absolute atomic E-state index is 12.6. The van der Waals surface area contributed by atoms with Crippen LogP contribution < -0.4 is 10.4 Å². The van der Waals surface area contributed by atoms with E-state index in [9.17, 15) is 9.59 Å². The first-order chi connectivity index (χ1) is 13.1. The predicted octanol–water partition coefficient (Wildman–Crippen LogP) is 2.35. The summed E-state index contributed by atoms with van der Waals surface area (Å²) in [6.45, 7) is 3.09. The molecule has 3 heterocycles. The summed E-state index contributed by atoms with van der Waals surface area (Å²) >= 11 is 0. The Kier molecular flexibility index (Phi) is 4.43. The lowest BCUT2D eigenvalue weighted by Crippen LogP contribution is -2.36. The second kappa shape index (κ2) is 6.90. The first kappa shape index (κ1) is 17.3. The molecule has 1 N–H and O–H groups in total. The fourth-order valence-corrected chi connectivity index (χ4v) is 3.61. The number of imidazole rings is 1. The number of benzene rings is 1. The number of methoxy groups -OCH3 is 1. The molecule has 27 heavy (non-hydrogen) atoms. The number of carbonyl (C=O) groups is 1. The Morgan fingerprint density at radius 2 is 2.26 bits per heavy atom. The van der Waals surface area contributed by atoms with Crippen molar-refractivity contribution < 1.29 is 13.9 Å². The second-order valence-corrected chi connectivity index (χ2v) is 6.75. The van der Waals surface area contributed by atoms with Crippen LogP contribution in [0.1, 0.15) is 28.9 Å². The van der Waals surface area contributed by atoms with Crippen LogP contribution in [-0.2, 0) is 24.2 Å². The van der Waals surface area contributed by atoms with Crippen molar-refractivity contribution >= 4 is 16.9 Å². The molecule has 7 heteroatoms. The number of nitrogens with zero attached hydrogens (tertiary/aromatic N) is 2. The number of rotatable bonds is 4. The van der Waals surface area contributed by atoms with E-state index in [2.05, 4.69) is 9.97 Å². The number of aromatic nitrogens is 2. The van der Waals surface area contributed by atoms with Gasteiger partial charge in [-0.2, -0.15) is 0 Å². The minimum absolute atomic E-state index is 0.0314. The summed E-state index contributed by atoms with van der Waals surface area (Å²) in [5.74, 6) is 0.667. The van der Waals surface area contributed by atoms with Gasteiger partial charge in [-0.15, -0.1) is 0 Å². The highest BCUT2D eigenvalue weighted by Crippen LogP contribution is 2.25. The summed E-state index contributed by atoms with van der Waals surface area (Å²) in [5.41, 5.74) is 3.53. The molecule has 0 radical (unpaired) electrons. The highest BCUT2D eigenvalue weighted by atomic mass is 16.5. The van der Waals surface area contributed by atoms with Crippen molar-refractivity contribution in [2.75, 3.05) is 13.7 Å². The van der Waals surface area contributed by atoms with Gasteiger partial charge in [0.2, 0.25) is 5.91 Å². The van der Waals surface area contributed by atoms with Gasteiger partial charge in [-0.3, -0.25) is 4.79 Å². The monoisotopic (exact) mass is 367 g/mol. The summed E-state index contributed by atoms with van der Waals surface area (Å²) in [6, 6.07) is 5.41. The van der Waals surface area contributed by atoms with Gasteiger partial charge in [-0.05, 0) is 31.0 Å². The molecule has 0 bridgehead atoms. The van der Waals surface area contributed by atoms with E-state index >= 15 is 0 Å². The van der Waals surface area contributed by atoms with Crippen LogP contribution in [0.2, 0.25) is 0 Å². The summed E-state index contributed by atoms with van der Waals surface area (Å²) in [5, 5.41) is 0.859. The minimum atomic E-state index is -0.393. The average Bonchev–Trinajstić information content (AvgIpc) is 3.14. The lowest BCUT2D eigenvalue weighted by Gasteiger charge is -2.26. The quantitative estimate of drug-likeness (QED) is 0.715. The molecule has 0 saturated heterocycles. The van der Waals surface area contributed by atoms with E-state index < -0.39 is 5.63 Å². The molecule has 7 nitrogen and oxygen atoms in total. The molecule has 0 saturated carbocycles. The Labute approximate surface area is 156 Å². The van der Waals surface area contributed by atoms with E-state index in [0.717, 1.165) is 28.8 Å². The molecule has 0 unspecified atom stereocenters. The van der Waals surface area contributed by atoms with Crippen LogP contribution in [0.3, 0.4) is 0 Å². The van der Waals surface area contributed by atoms with Crippen LogP contribution >= 0.6 is 0 Å². The number of aromatic amines is 1. The van der Waals surface area contributed by atoms with Crippen molar-refractivity contribution in [2.45, 2.75) is 32.7 Å². The van der Waals surface area contributed by atoms with E-state index in [4.69, 9.17) is 9.15 Å². The normalized spacial score (nSPS) is 13.6. The third-order valence-electron chi connectivity index (χ3n) is 5.21. The zero-order chi connectivity index (χ0) is 19.0. The smallest absolute Gasteiger partial charge is 0.339 e. The molecule has 2 aromatic heterocycles.